The Hall–Kier alpha value is -1.11. The van der Waals surface area contributed by atoms with E-state index >= 15 is 0 Å². The zero-order valence-corrected chi connectivity index (χ0v) is 8.93. The molecule has 80 valence electrons. The smallest absolute Gasteiger partial charge is 0.325 e. The van der Waals surface area contributed by atoms with Crippen molar-refractivity contribution in [1.82, 2.24) is 4.98 Å². The van der Waals surface area contributed by atoms with Crippen LogP contribution in [0.15, 0.2) is 0 Å². The van der Waals surface area contributed by atoms with Crippen LogP contribution in [-0.4, -0.2) is 15.9 Å². The molecule has 0 spiro atoms. The van der Waals surface area contributed by atoms with Crippen LogP contribution in [0.2, 0.25) is 15.3 Å². The van der Waals surface area contributed by atoms with Crippen molar-refractivity contribution in [2.24, 2.45) is 0 Å². The van der Waals surface area contributed by atoms with Crippen molar-refractivity contribution in [2.75, 3.05) is 0 Å². The van der Waals surface area contributed by atoms with E-state index in [1.807, 2.05) is 0 Å². The minimum absolute atomic E-state index is 0.560. The number of carboxylic acids is 1. The molecule has 9 heteroatoms. The lowest BCUT2D eigenvalue weighted by Gasteiger charge is -2.07. The number of nitro groups is 1. The SMILES string of the molecule is O=C([O-])c1c(Cl)nc(Cl)c([N+](=O)[O-])c1Cl. The van der Waals surface area contributed by atoms with E-state index in [0.717, 1.165) is 0 Å². The summed E-state index contributed by atoms with van der Waals surface area (Å²) in [5.74, 6) is -1.77. The second-order valence-electron chi connectivity index (χ2n) is 2.28. The van der Waals surface area contributed by atoms with Crippen molar-refractivity contribution in [3.8, 4) is 0 Å². The molecule has 0 saturated carbocycles. The molecule has 1 aromatic rings. The number of pyridine rings is 1. The van der Waals surface area contributed by atoms with Crippen LogP contribution in [0.4, 0.5) is 5.69 Å². The van der Waals surface area contributed by atoms with E-state index in [0.29, 0.717) is 0 Å². The van der Waals surface area contributed by atoms with Crippen LogP contribution >= 0.6 is 34.8 Å². The van der Waals surface area contributed by atoms with Crippen LogP contribution in [0.1, 0.15) is 10.4 Å². The van der Waals surface area contributed by atoms with Gasteiger partial charge in [0.25, 0.3) is 0 Å². The van der Waals surface area contributed by atoms with Crippen molar-refractivity contribution >= 4 is 46.5 Å². The summed E-state index contributed by atoms with van der Waals surface area (Å²) in [7, 11) is 0. The lowest BCUT2D eigenvalue weighted by atomic mass is 10.2. The fourth-order valence-corrected chi connectivity index (χ4v) is 1.79. The van der Waals surface area contributed by atoms with Gasteiger partial charge in [-0.25, -0.2) is 4.98 Å². The van der Waals surface area contributed by atoms with E-state index in [1.54, 1.807) is 0 Å². The summed E-state index contributed by atoms with van der Waals surface area (Å²) in [6, 6.07) is 0. The molecule has 1 aromatic heterocycles. The van der Waals surface area contributed by atoms with E-state index < -0.39 is 37.5 Å². The van der Waals surface area contributed by atoms with Gasteiger partial charge >= 0.3 is 5.69 Å². The van der Waals surface area contributed by atoms with Gasteiger partial charge in [0, 0.05) is 0 Å². The largest absolute Gasteiger partial charge is 0.545 e. The van der Waals surface area contributed by atoms with Crippen molar-refractivity contribution in [3.63, 3.8) is 0 Å². The average Bonchev–Trinajstić information content (AvgIpc) is 1.99. The molecule has 1 rings (SSSR count). The maximum absolute atomic E-state index is 10.5. The summed E-state index contributed by atoms with van der Waals surface area (Å²) in [6.07, 6.45) is 0. The Morgan fingerprint density at radius 3 is 2.20 bits per heavy atom. The van der Waals surface area contributed by atoms with Crippen molar-refractivity contribution in [1.29, 1.82) is 0 Å². The minimum atomic E-state index is -1.77. The van der Waals surface area contributed by atoms with Crippen LogP contribution < -0.4 is 5.11 Å². The van der Waals surface area contributed by atoms with E-state index in [1.165, 1.54) is 0 Å². The lowest BCUT2D eigenvalue weighted by molar-refractivity contribution is -0.385. The van der Waals surface area contributed by atoms with Gasteiger partial charge in [0.15, 0.2) is 0 Å². The van der Waals surface area contributed by atoms with Crippen molar-refractivity contribution in [3.05, 3.63) is 31.0 Å². The Bertz CT molecular complexity index is 424. The van der Waals surface area contributed by atoms with Crippen LogP contribution in [0.3, 0.4) is 0 Å². The molecule has 0 atom stereocenters. The summed E-state index contributed by atoms with van der Waals surface area (Å²) in [5.41, 5.74) is -1.57. The molecule has 0 saturated heterocycles. The normalized spacial score (nSPS) is 10.1. The molecule has 15 heavy (non-hydrogen) atoms. The molecule has 0 radical (unpaired) electrons. The maximum Gasteiger partial charge on any atom is 0.325 e. The first-order chi connectivity index (χ1) is 6.86. The number of aromatic nitrogens is 1. The summed E-state index contributed by atoms with van der Waals surface area (Å²) in [5, 5.41) is 19.2. The fraction of sp³-hybridized carbons (Fsp3) is 0. The highest BCUT2D eigenvalue weighted by molar-refractivity contribution is 6.42. The average molecular weight is 270 g/mol. The number of hydrogen-bond acceptors (Lipinski definition) is 5. The number of rotatable bonds is 2. The molecule has 1 heterocycles. The van der Waals surface area contributed by atoms with Crippen LogP contribution in [0.5, 0.6) is 0 Å². The van der Waals surface area contributed by atoms with Crippen LogP contribution in [0, 0.1) is 10.1 Å². The third kappa shape index (κ3) is 2.11. The molecule has 0 aliphatic heterocycles. The highest BCUT2D eigenvalue weighted by Crippen LogP contribution is 2.36. The third-order valence-corrected chi connectivity index (χ3v) is 2.32. The molecular weight excluding hydrogens is 270 g/mol. The molecule has 0 unspecified atom stereocenters. The first-order valence-electron chi connectivity index (χ1n) is 3.26. The van der Waals surface area contributed by atoms with Gasteiger partial charge in [-0.1, -0.05) is 34.8 Å². The molecule has 0 N–H and O–H groups in total. The molecule has 0 amide bonds. The Morgan fingerprint density at radius 2 is 1.80 bits per heavy atom. The minimum Gasteiger partial charge on any atom is -0.545 e. The molecule has 0 fully saturated rings. The molecule has 0 bridgehead atoms. The first-order valence-corrected chi connectivity index (χ1v) is 4.40. The predicted octanol–water partition coefficient (Wildman–Crippen LogP) is 1.31. The fourth-order valence-electron chi connectivity index (χ4n) is 0.824. The number of halogens is 3. The highest BCUT2D eigenvalue weighted by atomic mass is 35.5. The van der Waals surface area contributed by atoms with Gasteiger partial charge < -0.3 is 9.90 Å². The Balaban J connectivity index is 3.64. The Labute approximate surface area is 97.5 Å². The molecular formula is C6Cl3N2O4-. The van der Waals surface area contributed by atoms with E-state index in [4.69, 9.17) is 34.8 Å². The topological polar surface area (TPSA) is 96.2 Å². The van der Waals surface area contributed by atoms with Crippen LogP contribution in [-0.2, 0) is 0 Å². The summed E-state index contributed by atoms with van der Waals surface area (Å²) in [4.78, 5) is 23.3. The number of carboxylic acid groups (broad SMARTS) is 1. The van der Waals surface area contributed by atoms with Crippen LogP contribution in [0.25, 0.3) is 0 Å². The van der Waals surface area contributed by atoms with E-state index in [-0.39, 0.29) is 0 Å². The summed E-state index contributed by atoms with van der Waals surface area (Å²) >= 11 is 16.2. The van der Waals surface area contributed by atoms with Crippen molar-refractivity contribution < 1.29 is 14.8 Å². The van der Waals surface area contributed by atoms with Gasteiger partial charge in [-0.3, -0.25) is 10.1 Å². The van der Waals surface area contributed by atoms with E-state index in [9.17, 15) is 20.0 Å². The molecule has 0 aliphatic rings. The molecule has 0 aliphatic carbocycles. The quantitative estimate of drug-likeness (QED) is 0.458. The second kappa shape index (κ2) is 4.18. The molecule has 6 nitrogen and oxygen atoms in total. The standard InChI is InChI=1S/C6HCl3N2O4/c7-2-1(6(12)13)4(8)10-5(9)3(2)11(14)15/h(H,12,13)/p-1. The Kier molecular flexibility index (Phi) is 3.33. The number of aromatic carboxylic acids is 1. The predicted molar refractivity (Wildman–Crippen MR) is 50.3 cm³/mol. The van der Waals surface area contributed by atoms with Gasteiger partial charge in [-0.15, -0.1) is 0 Å². The monoisotopic (exact) mass is 269 g/mol. The summed E-state index contributed by atoms with van der Waals surface area (Å²) in [6.45, 7) is 0. The zero-order chi connectivity index (χ0) is 11.7. The molecule has 0 aromatic carbocycles. The first kappa shape index (κ1) is 12.0. The number of carbonyl (C=O) groups is 1. The second-order valence-corrected chi connectivity index (χ2v) is 3.37. The maximum atomic E-state index is 10.5. The number of hydrogen-bond donors (Lipinski definition) is 0. The highest BCUT2D eigenvalue weighted by Gasteiger charge is 2.25. The van der Waals surface area contributed by atoms with Gasteiger partial charge in [0.1, 0.15) is 10.2 Å². The number of nitrogens with zero attached hydrogens (tertiary/aromatic N) is 2. The number of carbonyl (C=O) groups excluding carboxylic acids is 1. The van der Waals surface area contributed by atoms with Gasteiger partial charge in [0.2, 0.25) is 5.15 Å². The van der Waals surface area contributed by atoms with Gasteiger partial charge in [-0.05, 0) is 0 Å². The summed E-state index contributed by atoms with van der Waals surface area (Å²) < 4.78 is 0. The van der Waals surface area contributed by atoms with Gasteiger partial charge in [-0.2, -0.15) is 0 Å². The lowest BCUT2D eigenvalue weighted by Crippen LogP contribution is -2.24. The van der Waals surface area contributed by atoms with Gasteiger partial charge in [0.05, 0.1) is 16.5 Å². The van der Waals surface area contributed by atoms with E-state index in [2.05, 4.69) is 4.98 Å². The Morgan fingerprint density at radius 1 is 1.27 bits per heavy atom. The zero-order valence-electron chi connectivity index (χ0n) is 6.66. The van der Waals surface area contributed by atoms with Crippen molar-refractivity contribution in [2.45, 2.75) is 0 Å². The third-order valence-electron chi connectivity index (χ3n) is 1.41.